The average Bonchev–Trinajstić information content (AvgIpc) is 2.40. The number of hydrogen-bond acceptors (Lipinski definition) is 2. The molecule has 0 saturated heterocycles. The fourth-order valence-electron chi connectivity index (χ4n) is 2.44. The van der Waals surface area contributed by atoms with Gasteiger partial charge in [0.25, 0.3) is 0 Å². The van der Waals surface area contributed by atoms with Crippen LogP contribution in [0, 0.1) is 0 Å². The summed E-state index contributed by atoms with van der Waals surface area (Å²) >= 11 is 0. The first kappa shape index (κ1) is 14.1. The molecule has 0 heterocycles. The van der Waals surface area contributed by atoms with Gasteiger partial charge in [0.15, 0.2) is 0 Å². The van der Waals surface area contributed by atoms with Gasteiger partial charge < -0.3 is 0 Å². The zero-order valence-electron chi connectivity index (χ0n) is 10.5. The highest BCUT2D eigenvalue weighted by Gasteiger charge is 2.31. The summed E-state index contributed by atoms with van der Waals surface area (Å²) in [6.07, 6.45) is 1.79. The maximum Gasteiger partial charge on any atom is 0.416 e. The Bertz CT molecular complexity index is 466. The molecule has 0 aliphatic heterocycles. The summed E-state index contributed by atoms with van der Waals surface area (Å²) in [5.41, 5.74) is 3.63. The Balaban J connectivity index is 2.30. The first-order valence-corrected chi connectivity index (χ1v) is 6.34. The predicted octanol–water partition coefficient (Wildman–Crippen LogP) is 3.71. The van der Waals surface area contributed by atoms with Crippen molar-refractivity contribution in [2.24, 2.45) is 5.84 Å². The molecule has 0 spiro atoms. The SMILES string of the molecule is NNC(C1=CCCCC1)c1cccc(C(F)(F)F)c1. The van der Waals surface area contributed by atoms with Crippen molar-refractivity contribution in [1.29, 1.82) is 0 Å². The molecule has 1 aliphatic carbocycles. The van der Waals surface area contributed by atoms with Crippen LogP contribution in [0.2, 0.25) is 0 Å². The van der Waals surface area contributed by atoms with Gasteiger partial charge in [-0.3, -0.25) is 5.84 Å². The number of nitrogens with one attached hydrogen (secondary N) is 1. The van der Waals surface area contributed by atoms with Crippen LogP contribution in [0.3, 0.4) is 0 Å². The minimum Gasteiger partial charge on any atom is -0.271 e. The third kappa shape index (κ3) is 3.36. The molecular formula is C14H17F3N2. The number of hydrazine groups is 1. The zero-order chi connectivity index (χ0) is 13.9. The molecule has 19 heavy (non-hydrogen) atoms. The molecule has 0 bridgehead atoms. The normalized spacial score (nSPS) is 18.0. The van der Waals surface area contributed by atoms with Gasteiger partial charge >= 0.3 is 6.18 Å². The molecule has 0 amide bonds. The quantitative estimate of drug-likeness (QED) is 0.499. The molecule has 5 heteroatoms. The van der Waals surface area contributed by atoms with Gasteiger partial charge in [-0.05, 0) is 43.4 Å². The van der Waals surface area contributed by atoms with Crippen LogP contribution in [-0.4, -0.2) is 0 Å². The van der Waals surface area contributed by atoms with Crippen molar-refractivity contribution in [3.8, 4) is 0 Å². The van der Waals surface area contributed by atoms with Crippen molar-refractivity contribution in [2.75, 3.05) is 0 Å². The van der Waals surface area contributed by atoms with Crippen LogP contribution < -0.4 is 11.3 Å². The predicted molar refractivity (Wildman–Crippen MR) is 68.1 cm³/mol. The summed E-state index contributed by atoms with van der Waals surface area (Å²) in [7, 11) is 0. The van der Waals surface area contributed by atoms with Crippen LogP contribution >= 0.6 is 0 Å². The van der Waals surface area contributed by atoms with Gasteiger partial charge in [0.05, 0.1) is 11.6 Å². The Morgan fingerprint density at radius 3 is 2.58 bits per heavy atom. The molecule has 0 saturated carbocycles. The van der Waals surface area contributed by atoms with Gasteiger partial charge in [-0.1, -0.05) is 23.8 Å². The highest BCUT2D eigenvalue weighted by Crippen LogP contribution is 2.34. The summed E-state index contributed by atoms with van der Waals surface area (Å²) in [6.45, 7) is 0. The van der Waals surface area contributed by atoms with E-state index in [1.54, 1.807) is 6.07 Å². The van der Waals surface area contributed by atoms with E-state index < -0.39 is 11.7 Å². The lowest BCUT2D eigenvalue weighted by Crippen LogP contribution is -2.30. The number of rotatable bonds is 3. The smallest absolute Gasteiger partial charge is 0.271 e. The second-order valence-electron chi connectivity index (χ2n) is 4.75. The minimum absolute atomic E-state index is 0.331. The molecule has 104 valence electrons. The van der Waals surface area contributed by atoms with E-state index in [4.69, 9.17) is 5.84 Å². The van der Waals surface area contributed by atoms with Crippen molar-refractivity contribution in [3.63, 3.8) is 0 Å². The van der Waals surface area contributed by atoms with Gasteiger partial charge in [-0.15, -0.1) is 0 Å². The molecule has 1 aliphatic rings. The van der Waals surface area contributed by atoms with Crippen molar-refractivity contribution in [1.82, 2.24) is 5.43 Å². The topological polar surface area (TPSA) is 38.0 Å². The molecule has 1 atom stereocenters. The lowest BCUT2D eigenvalue weighted by atomic mass is 9.89. The summed E-state index contributed by atoms with van der Waals surface area (Å²) in [4.78, 5) is 0. The Hall–Kier alpha value is -1.33. The van der Waals surface area contributed by atoms with Gasteiger partial charge in [-0.25, -0.2) is 5.43 Å². The van der Waals surface area contributed by atoms with E-state index >= 15 is 0 Å². The number of nitrogens with two attached hydrogens (primary N) is 1. The number of halogens is 3. The Labute approximate surface area is 110 Å². The minimum atomic E-state index is -4.32. The van der Waals surface area contributed by atoms with Crippen molar-refractivity contribution in [3.05, 3.63) is 47.0 Å². The summed E-state index contributed by atoms with van der Waals surface area (Å²) in [5.74, 6) is 5.52. The summed E-state index contributed by atoms with van der Waals surface area (Å²) in [6, 6.07) is 5.01. The molecule has 0 radical (unpaired) electrons. The largest absolute Gasteiger partial charge is 0.416 e. The maximum atomic E-state index is 12.7. The van der Waals surface area contributed by atoms with Crippen LogP contribution in [0.5, 0.6) is 0 Å². The van der Waals surface area contributed by atoms with E-state index in [0.29, 0.717) is 5.56 Å². The van der Waals surface area contributed by atoms with E-state index in [1.165, 1.54) is 12.1 Å². The molecule has 1 unspecified atom stereocenters. The fourth-order valence-corrected chi connectivity index (χ4v) is 2.44. The average molecular weight is 270 g/mol. The van der Waals surface area contributed by atoms with Gasteiger partial charge in [0, 0.05) is 0 Å². The van der Waals surface area contributed by atoms with Crippen molar-refractivity contribution >= 4 is 0 Å². The highest BCUT2D eigenvalue weighted by atomic mass is 19.4. The molecule has 1 aromatic rings. The standard InChI is InChI=1S/C14H17F3N2/c15-14(16,17)12-8-4-7-11(9-12)13(19-18)10-5-2-1-3-6-10/h4-5,7-9,13,19H,1-3,6,18H2. The second kappa shape index (κ2) is 5.75. The van der Waals surface area contributed by atoms with Crippen molar-refractivity contribution in [2.45, 2.75) is 37.9 Å². The monoisotopic (exact) mass is 270 g/mol. The van der Waals surface area contributed by atoms with Crippen LogP contribution in [0.25, 0.3) is 0 Å². The molecule has 1 aromatic carbocycles. The van der Waals surface area contributed by atoms with Crippen LogP contribution in [0.1, 0.15) is 42.9 Å². The lowest BCUT2D eigenvalue weighted by molar-refractivity contribution is -0.137. The number of hydrogen-bond donors (Lipinski definition) is 2. The molecule has 0 aromatic heterocycles. The summed E-state index contributed by atoms with van der Waals surface area (Å²) < 4.78 is 38.1. The Morgan fingerprint density at radius 2 is 2.00 bits per heavy atom. The fraction of sp³-hybridized carbons (Fsp3) is 0.429. The van der Waals surface area contributed by atoms with Crippen LogP contribution in [0.4, 0.5) is 13.2 Å². The van der Waals surface area contributed by atoms with E-state index in [9.17, 15) is 13.2 Å². The summed E-state index contributed by atoms with van der Waals surface area (Å²) in [5, 5.41) is 0. The van der Waals surface area contributed by atoms with Gasteiger partial charge in [0.1, 0.15) is 0 Å². The highest BCUT2D eigenvalue weighted by molar-refractivity contribution is 5.33. The number of alkyl halides is 3. The van der Waals surface area contributed by atoms with Crippen LogP contribution in [-0.2, 0) is 6.18 Å². The van der Waals surface area contributed by atoms with E-state index in [2.05, 4.69) is 11.5 Å². The number of allylic oxidation sites excluding steroid dienone is 1. The zero-order valence-corrected chi connectivity index (χ0v) is 10.5. The Morgan fingerprint density at radius 1 is 1.21 bits per heavy atom. The lowest BCUT2D eigenvalue weighted by Gasteiger charge is -2.23. The third-order valence-corrected chi connectivity index (χ3v) is 3.41. The van der Waals surface area contributed by atoms with E-state index in [-0.39, 0.29) is 6.04 Å². The van der Waals surface area contributed by atoms with E-state index in [0.717, 1.165) is 37.3 Å². The second-order valence-corrected chi connectivity index (χ2v) is 4.75. The Kier molecular flexibility index (Phi) is 4.27. The van der Waals surface area contributed by atoms with Crippen molar-refractivity contribution < 1.29 is 13.2 Å². The third-order valence-electron chi connectivity index (χ3n) is 3.41. The van der Waals surface area contributed by atoms with Gasteiger partial charge in [0.2, 0.25) is 0 Å². The van der Waals surface area contributed by atoms with Crippen LogP contribution in [0.15, 0.2) is 35.9 Å². The van der Waals surface area contributed by atoms with Gasteiger partial charge in [-0.2, -0.15) is 13.2 Å². The first-order valence-electron chi connectivity index (χ1n) is 6.34. The number of benzene rings is 1. The first-order chi connectivity index (χ1) is 9.02. The molecule has 3 N–H and O–H groups in total. The molecule has 2 nitrogen and oxygen atoms in total. The van der Waals surface area contributed by atoms with E-state index in [1.807, 2.05) is 0 Å². The molecule has 2 rings (SSSR count). The molecular weight excluding hydrogens is 253 g/mol. The maximum absolute atomic E-state index is 12.7. The molecule has 0 fully saturated rings.